The Kier molecular flexibility index (Phi) is 4.81. The standard InChI is InChI=1S/C21H21ClN4OS2/c1-4-16-23-19-17(13-9-21(2,3)27-10-15(13)29-19)18-24-25-20(26(16)18)28-11-12-7-5-6-8-14(12)22/h5-8H,4,9-11H2,1-3H3. The van der Waals surface area contributed by atoms with Crippen LogP contribution in [0.4, 0.5) is 0 Å². The first-order valence-corrected chi connectivity index (χ1v) is 11.8. The summed E-state index contributed by atoms with van der Waals surface area (Å²) in [5.41, 5.74) is 3.14. The maximum Gasteiger partial charge on any atom is 0.197 e. The average molecular weight is 445 g/mol. The number of hydrogen-bond acceptors (Lipinski definition) is 6. The van der Waals surface area contributed by atoms with Crippen LogP contribution >= 0.6 is 34.7 Å². The highest BCUT2D eigenvalue weighted by atomic mass is 35.5. The van der Waals surface area contributed by atoms with Crippen LogP contribution in [0, 0.1) is 0 Å². The van der Waals surface area contributed by atoms with E-state index < -0.39 is 0 Å². The summed E-state index contributed by atoms with van der Waals surface area (Å²) in [6, 6.07) is 7.92. The number of hydrogen-bond donors (Lipinski definition) is 0. The Bertz CT molecular complexity index is 1230. The highest BCUT2D eigenvalue weighted by Crippen LogP contribution is 2.40. The number of aromatic nitrogens is 4. The van der Waals surface area contributed by atoms with Crippen molar-refractivity contribution in [3.8, 4) is 0 Å². The molecule has 150 valence electrons. The maximum atomic E-state index is 6.33. The van der Waals surface area contributed by atoms with Crippen LogP contribution in [-0.2, 0) is 29.9 Å². The molecule has 8 heteroatoms. The number of halogens is 1. The van der Waals surface area contributed by atoms with E-state index in [-0.39, 0.29) is 5.60 Å². The van der Waals surface area contributed by atoms with Gasteiger partial charge in [0.05, 0.1) is 17.6 Å². The molecular weight excluding hydrogens is 424 g/mol. The fourth-order valence-corrected chi connectivity index (χ4v) is 6.12. The second-order valence-electron chi connectivity index (χ2n) is 7.81. The molecular formula is C21H21ClN4OS2. The summed E-state index contributed by atoms with van der Waals surface area (Å²) in [6.45, 7) is 7.04. The van der Waals surface area contributed by atoms with E-state index in [9.17, 15) is 0 Å². The molecule has 3 aromatic heterocycles. The van der Waals surface area contributed by atoms with E-state index in [0.717, 1.165) is 56.0 Å². The van der Waals surface area contributed by atoms with Gasteiger partial charge in [-0.3, -0.25) is 4.40 Å². The summed E-state index contributed by atoms with van der Waals surface area (Å²) >= 11 is 9.70. The van der Waals surface area contributed by atoms with Crippen LogP contribution in [0.2, 0.25) is 5.02 Å². The molecule has 5 nitrogen and oxygen atoms in total. The normalized spacial score (nSPS) is 15.9. The van der Waals surface area contributed by atoms with Crippen LogP contribution in [-0.4, -0.2) is 25.2 Å². The summed E-state index contributed by atoms with van der Waals surface area (Å²) in [5.74, 6) is 1.72. The lowest BCUT2D eigenvalue weighted by Crippen LogP contribution is -2.31. The molecule has 4 heterocycles. The van der Waals surface area contributed by atoms with E-state index in [0.29, 0.717) is 6.61 Å². The van der Waals surface area contributed by atoms with Gasteiger partial charge in [-0.2, -0.15) is 0 Å². The van der Waals surface area contributed by atoms with Gasteiger partial charge in [0.15, 0.2) is 10.8 Å². The third-order valence-electron chi connectivity index (χ3n) is 5.25. The summed E-state index contributed by atoms with van der Waals surface area (Å²) in [5, 5.41) is 11.9. The van der Waals surface area contributed by atoms with Crippen molar-refractivity contribution in [1.82, 2.24) is 19.6 Å². The van der Waals surface area contributed by atoms with Gasteiger partial charge in [0.1, 0.15) is 10.7 Å². The number of nitrogens with zero attached hydrogens (tertiary/aromatic N) is 4. The number of thiophene rings is 1. The van der Waals surface area contributed by atoms with Gasteiger partial charge in [-0.25, -0.2) is 4.98 Å². The Morgan fingerprint density at radius 3 is 2.90 bits per heavy atom. The SMILES string of the molecule is CCc1nc2sc3c(c2c2nnc(SCc4ccccc4Cl)n12)CC(C)(C)OC3. The zero-order valence-electron chi connectivity index (χ0n) is 16.5. The molecule has 0 aliphatic carbocycles. The minimum atomic E-state index is -0.177. The molecule has 1 aromatic carbocycles. The summed E-state index contributed by atoms with van der Waals surface area (Å²) in [6.07, 6.45) is 1.68. The smallest absolute Gasteiger partial charge is 0.197 e. The number of benzene rings is 1. The minimum absolute atomic E-state index is 0.177. The van der Waals surface area contributed by atoms with Crippen LogP contribution in [0.25, 0.3) is 15.9 Å². The zero-order valence-corrected chi connectivity index (χ0v) is 18.9. The highest BCUT2D eigenvalue weighted by Gasteiger charge is 2.31. The van der Waals surface area contributed by atoms with Gasteiger partial charge in [0, 0.05) is 28.5 Å². The van der Waals surface area contributed by atoms with Gasteiger partial charge in [-0.05, 0) is 31.0 Å². The van der Waals surface area contributed by atoms with Gasteiger partial charge in [0.2, 0.25) is 0 Å². The Morgan fingerprint density at radius 1 is 1.28 bits per heavy atom. The Labute approximate surface area is 182 Å². The van der Waals surface area contributed by atoms with Crippen molar-refractivity contribution in [3.63, 3.8) is 0 Å². The molecule has 0 saturated heterocycles. The van der Waals surface area contributed by atoms with Crippen LogP contribution < -0.4 is 0 Å². The topological polar surface area (TPSA) is 52.3 Å². The molecule has 0 unspecified atom stereocenters. The van der Waals surface area contributed by atoms with E-state index in [1.54, 1.807) is 23.1 Å². The zero-order chi connectivity index (χ0) is 20.2. The lowest BCUT2D eigenvalue weighted by atomic mass is 9.94. The number of fused-ring (bicyclic) bond motifs is 5. The first-order chi connectivity index (χ1) is 14.0. The molecule has 0 bridgehead atoms. The molecule has 0 N–H and O–H groups in total. The molecule has 0 radical (unpaired) electrons. The van der Waals surface area contributed by atoms with E-state index in [2.05, 4.69) is 35.4 Å². The van der Waals surface area contributed by atoms with Crippen molar-refractivity contribution >= 4 is 50.6 Å². The number of aryl methyl sites for hydroxylation is 1. The molecule has 1 aliphatic rings. The molecule has 1 aliphatic heterocycles. The molecule has 4 aromatic rings. The first kappa shape index (κ1) is 19.3. The van der Waals surface area contributed by atoms with Gasteiger partial charge in [0.25, 0.3) is 0 Å². The number of rotatable bonds is 4. The fraction of sp³-hybridized carbons (Fsp3) is 0.381. The van der Waals surface area contributed by atoms with Crippen molar-refractivity contribution < 1.29 is 4.74 Å². The van der Waals surface area contributed by atoms with Crippen molar-refractivity contribution in [2.45, 2.75) is 56.7 Å². The predicted octanol–water partition coefficient (Wildman–Crippen LogP) is 5.70. The van der Waals surface area contributed by atoms with Crippen LogP contribution in [0.15, 0.2) is 29.4 Å². The second kappa shape index (κ2) is 7.23. The lowest BCUT2D eigenvalue weighted by molar-refractivity contribution is -0.0379. The molecule has 0 atom stereocenters. The number of ether oxygens (including phenoxy) is 1. The fourth-order valence-electron chi connectivity index (χ4n) is 3.77. The lowest BCUT2D eigenvalue weighted by Gasteiger charge is -2.30. The Morgan fingerprint density at radius 2 is 2.10 bits per heavy atom. The van der Waals surface area contributed by atoms with Gasteiger partial charge in [-0.15, -0.1) is 21.5 Å². The van der Waals surface area contributed by atoms with Crippen molar-refractivity contribution in [2.24, 2.45) is 0 Å². The monoisotopic (exact) mass is 444 g/mol. The van der Waals surface area contributed by atoms with Crippen molar-refractivity contribution in [2.75, 3.05) is 0 Å². The second-order valence-corrected chi connectivity index (χ2v) is 10.2. The molecule has 5 rings (SSSR count). The average Bonchev–Trinajstić information content (AvgIpc) is 3.27. The van der Waals surface area contributed by atoms with Crippen LogP contribution in [0.3, 0.4) is 0 Å². The summed E-state index contributed by atoms with van der Waals surface area (Å²) in [4.78, 5) is 7.28. The number of thioether (sulfide) groups is 1. The molecule has 0 fully saturated rings. The largest absolute Gasteiger partial charge is 0.370 e. The minimum Gasteiger partial charge on any atom is -0.370 e. The van der Waals surface area contributed by atoms with Gasteiger partial charge < -0.3 is 4.74 Å². The molecule has 0 amide bonds. The van der Waals surface area contributed by atoms with Gasteiger partial charge in [-0.1, -0.05) is 48.5 Å². The molecule has 29 heavy (non-hydrogen) atoms. The maximum absolute atomic E-state index is 6.33. The third kappa shape index (κ3) is 3.34. The Balaban J connectivity index is 1.63. The van der Waals surface area contributed by atoms with E-state index in [4.69, 9.17) is 21.3 Å². The first-order valence-electron chi connectivity index (χ1n) is 9.65. The third-order valence-corrected chi connectivity index (χ3v) is 7.69. The summed E-state index contributed by atoms with van der Waals surface area (Å²) in [7, 11) is 0. The van der Waals surface area contributed by atoms with E-state index in [1.165, 1.54) is 10.4 Å². The van der Waals surface area contributed by atoms with E-state index in [1.807, 2.05) is 24.3 Å². The Hall–Kier alpha value is -1.67. The van der Waals surface area contributed by atoms with Crippen LogP contribution in [0.5, 0.6) is 0 Å². The predicted molar refractivity (Wildman–Crippen MR) is 119 cm³/mol. The van der Waals surface area contributed by atoms with Crippen molar-refractivity contribution in [1.29, 1.82) is 0 Å². The van der Waals surface area contributed by atoms with Gasteiger partial charge >= 0.3 is 0 Å². The molecule has 0 saturated carbocycles. The molecule has 0 spiro atoms. The van der Waals surface area contributed by atoms with Crippen molar-refractivity contribution in [3.05, 3.63) is 51.1 Å². The highest BCUT2D eigenvalue weighted by molar-refractivity contribution is 7.98. The quantitative estimate of drug-likeness (QED) is 0.378. The van der Waals surface area contributed by atoms with E-state index >= 15 is 0 Å². The summed E-state index contributed by atoms with van der Waals surface area (Å²) < 4.78 is 8.14. The van der Waals surface area contributed by atoms with Crippen LogP contribution in [0.1, 0.15) is 42.6 Å².